The van der Waals surface area contributed by atoms with E-state index in [1.807, 2.05) is 11.0 Å². The van der Waals surface area contributed by atoms with Gasteiger partial charge in [0.1, 0.15) is 0 Å². The van der Waals surface area contributed by atoms with E-state index in [0.29, 0.717) is 17.4 Å². The zero-order valence-electron chi connectivity index (χ0n) is 12.3. The third kappa shape index (κ3) is 2.94. The van der Waals surface area contributed by atoms with Crippen LogP contribution in [0.5, 0.6) is 0 Å². The summed E-state index contributed by atoms with van der Waals surface area (Å²) in [4.78, 5) is 25.4. The number of piperidine rings is 1. The molecule has 3 rings (SSSR count). The highest BCUT2D eigenvalue weighted by Crippen LogP contribution is 2.40. The van der Waals surface area contributed by atoms with E-state index in [9.17, 15) is 9.59 Å². The molecular formula is C17H21NO3. The fourth-order valence-electron chi connectivity index (χ4n) is 3.28. The van der Waals surface area contributed by atoms with Gasteiger partial charge in [-0.3, -0.25) is 4.79 Å². The second-order valence-electron chi connectivity index (χ2n) is 6.37. The monoisotopic (exact) mass is 287 g/mol. The van der Waals surface area contributed by atoms with Gasteiger partial charge in [-0.25, -0.2) is 4.79 Å². The molecule has 1 aliphatic carbocycles. The smallest absolute Gasteiger partial charge is 0.335 e. The van der Waals surface area contributed by atoms with Gasteiger partial charge in [-0.1, -0.05) is 19.1 Å². The lowest BCUT2D eigenvalue weighted by molar-refractivity contribution is -0.134. The number of benzene rings is 1. The number of amides is 1. The number of hydrogen-bond donors (Lipinski definition) is 1. The Balaban J connectivity index is 1.72. The fraction of sp³-hybridized carbons (Fsp3) is 0.529. The standard InChI is InChI=1S/C17H21NO3/c1-11-8-15(11)16(19)18-7-3-6-14(10-18)12-4-2-5-13(9-12)17(20)21/h2,4-5,9,11,14-15H,3,6-8,10H2,1H3,(H,20,21)/t11-,14?,15?/m1/s1. The Kier molecular flexibility index (Phi) is 3.70. The van der Waals surface area contributed by atoms with Crippen LogP contribution in [0.25, 0.3) is 0 Å². The molecule has 3 atom stereocenters. The third-order valence-corrected chi connectivity index (χ3v) is 4.76. The summed E-state index contributed by atoms with van der Waals surface area (Å²) in [5.41, 5.74) is 1.36. The lowest BCUT2D eigenvalue weighted by Gasteiger charge is -2.33. The van der Waals surface area contributed by atoms with Gasteiger partial charge < -0.3 is 10.0 Å². The second-order valence-corrected chi connectivity index (χ2v) is 6.37. The van der Waals surface area contributed by atoms with Gasteiger partial charge in [0.2, 0.25) is 5.91 Å². The van der Waals surface area contributed by atoms with Gasteiger partial charge in [-0.05, 0) is 42.9 Å². The van der Waals surface area contributed by atoms with Gasteiger partial charge in [-0.15, -0.1) is 0 Å². The molecule has 112 valence electrons. The minimum Gasteiger partial charge on any atom is -0.478 e. The molecule has 0 bridgehead atoms. The van der Waals surface area contributed by atoms with Gasteiger partial charge in [0.15, 0.2) is 0 Å². The molecule has 4 heteroatoms. The summed E-state index contributed by atoms with van der Waals surface area (Å²) in [5, 5.41) is 9.09. The molecule has 1 amide bonds. The van der Waals surface area contributed by atoms with Crippen LogP contribution >= 0.6 is 0 Å². The first-order valence-corrected chi connectivity index (χ1v) is 7.68. The first-order valence-electron chi connectivity index (χ1n) is 7.68. The number of nitrogens with zero attached hydrogens (tertiary/aromatic N) is 1. The summed E-state index contributed by atoms with van der Waals surface area (Å²) in [6.07, 6.45) is 3.04. The molecule has 0 aromatic heterocycles. The van der Waals surface area contributed by atoms with Crippen LogP contribution in [0.2, 0.25) is 0 Å². The first-order chi connectivity index (χ1) is 10.1. The predicted molar refractivity (Wildman–Crippen MR) is 79.2 cm³/mol. The van der Waals surface area contributed by atoms with Crippen molar-refractivity contribution in [3.63, 3.8) is 0 Å². The van der Waals surface area contributed by atoms with E-state index in [0.717, 1.165) is 37.9 Å². The minimum absolute atomic E-state index is 0.231. The molecule has 0 radical (unpaired) electrons. The van der Waals surface area contributed by atoms with Crippen LogP contribution in [0, 0.1) is 11.8 Å². The van der Waals surface area contributed by atoms with Crippen molar-refractivity contribution in [2.75, 3.05) is 13.1 Å². The number of carbonyl (C=O) groups is 2. The first kappa shape index (κ1) is 14.1. The summed E-state index contributed by atoms with van der Waals surface area (Å²) in [6, 6.07) is 7.14. The van der Waals surface area contributed by atoms with Crippen molar-refractivity contribution in [1.29, 1.82) is 0 Å². The second kappa shape index (κ2) is 5.51. The molecule has 1 aromatic rings. The van der Waals surface area contributed by atoms with E-state index in [4.69, 9.17) is 5.11 Å². The average molecular weight is 287 g/mol. The van der Waals surface area contributed by atoms with Crippen molar-refractivity contribution in [1.82, 2.24) is 4.90 Å². The van der Waals surface area contributed by atoms with Crippen molar-refractivity contribution in [3.8, 4) is 0 Å². The maximum Gasteiger partial charge on any atom is 0.335 e. The van der Waals surface area contributed by atoms with Crippen molar-refractivity contribution in [2.45, 2.75) is 32.1 Å². The number of carboxylic acid groups (broad SMARTS) is 1. The topological polar surface area (TPSA) is 57.6 Å². The van der Waals surface area contributed by atoms with Crippen LogP contribution in [-0.2, 0) is 4.79 Å². The highest BCUT2D eigenvalue weighted by atomic mass is 16.4. The van der Waals surface area contributed by atoms with Gasteiger partial charge in [-0.2, -0.15) is 0 Å². The summed E-state index contributed by atoms with van der Waals surface area (Å²) in [7, 11) is 0. The Labute approximate surface area is 124 Å². The van der Waals surface area contributed by atoms with Crippen molar-refractivity contribution in [2.24, 2.45) is 11.8 Å². The fourth-order valence-corrected chi connectivity index (χ4v) is 3.28. The van der Waals surface area contributed by atoms with Gasteiger partial charge in [0.25, 0.3) is 0 Å². The number of likely N-dealkylation sites (tertiary alicyclic amines) is 1. The Bertz CT molecular complexity index is 569. The summed E-state index contributed by atoms with van der Waals surface area (Å²) >= 11 is 0. The van der Waals surface area contributed by atoms with Gasteiger partial charge >= 0.3 is 5.97 Å². The Hall–Kier alpha value is -1.84. The van der Waals surface area contributed by atoms with E-state index in [1.165, 1.54) is 0 Å². The lowest BCUT2D eigenvalue weighted by Crippen LogP contribution is -2.40. The van der Waals surface area contributed by atoms with Gasteiger partial charge in [0, 0.05) is 24.9 Å². The molecule has 1 saturated heterocycles. The third-order valence-electron chi connectivity index (χ3n) is 4.76. The molecule has 1 aliphatic heterocycles. The molecule has 2 fully saturated rings. The number of aromatic carboxylic acids is 1. The van der Waals surface area contributed by atoms with Crippen LogP contribution in [0.1, 0.15) is 48.0 Å². The highest BCUT2D eigenvalue weighted by Gasteiger charge is 2.42. The summed E-state index contributed by atoms with van der Waals surface area (Å²) in [5.74, 6) is 0.423. The molecule has 4 nitrogen and oxygen atoms in total. The maximum atomic E-state index is 12.4. The van der Waals surface area contributed by atoms with E-state index < -0.39 is 5.97 Å². The molecular weight excluding hydrogens is 266 g/mol. The van der Waals surface area contributed by atoms with Crippen LogP contribution < -0.4 is 0 Å². The van der Waals surface area contributed by atoms with E-state index in [2.05, 4.69) is 6.92 Å². The Morgan fingerprint density at radius 2 is 2.10 bits per heavy atom. The number of carboxylic acids is 1. The number of hydrogen-bond acceptors (Lipinski definition) is 2. The Morgan fingerprint density at radius 1 is 1.33 bits per heavy atom. The van der Waals surface area contributed by atoms with E-state index in [1.54, 1.807) is 18.2 Å². The molecule has 0 spiro atoms. The van der Waals surface area contributed by atoms with Gasteiger partial charge in [0.05, 0.1) is 5.56 Å². The highest BCUT2D eigenvalue weighted by molar-refractivity contribution is 5.87. The predicted octanol–water partition coefficient (Wildman–Crippen LogP) is 2.75. The number of rotatable bonds is 3. The van der Waals surface area contributed by atoms with Crippen LogP contribution in [0.3, 0.4) is 0 Å². The number of carbonyl (C=O) groups excluding carboxylic acids is 1. The van der Waals surface area contributed by atoms with E-state index in [-0.39, 0.29) is 11.8 Å². The van der Waals surface area contributed by atoms with E-state index >= 15 is 0 Å². The molecule has 2 unspecified atom stereocenters. The zero-order chi connectivity index (χ0) is 15.0. The summed E-state index contributed by atoms with van der Waals surface area (Å²) in [6.45, 7) is 3.70. The van der Waals surface area contributed by atoms with Crippen molar-refractivity contribution >= 4 is 11.9 Å². The lowest BCUT2D eigenvalue weighted by atomic mass is 9.89. The van der Waals surface area contributed by atoms with Crippen molar-refractivity contribution < 1.29 is 14.7 Å². The molecule has 1 aromatic carbocycles. The molecule has 1 heterocycles. The summed E-state index contributed by atoms with van der Waals surface area (Å²) < 4.78 is 0. The minimum atomic E-state index is -0.896. The van der Waals surface area contributed by atoms with Crippen LogP contribution in [0.4, 0.5) is 0 Å². The molecule has 21 heavy (non-hydrogen) atoms. The zero-order valence-corrected chi connectivity index (χ0v) is 12.3. The van der Waals surface area contributed by atoms with Crippen LogP contribution in [0.15, 0.2) is 24.3 Å². The molecule has 2 aliphatic rings. The quantitative estimate of drug-likeness (QED) is 0.930. The Morgan fingerprint density at radius 3 is 2.76 bits per heavy atom. The molecule has 1 N–H and O–H groups in total. The molecule has 1 saturated carbocycles. The van der Waals surface area contributed by atoms with Crippen LogP contribution in [-0.4, -0.2) is 35.0 Å². The largest absolute Gasteiger partial charge is 0.478 e. The maximum absolute atomic E-state index is 12.4. The van der Waals surface area contributed by atoms with Crippen molar-refractivity contribution in [3.05, 3.63) is 35.4 Å². The normalized spacial score (nSPS) is 28.2. The average Bonchev–Trinajstić information content (AvgIpc) is 3.23. The SMILES string of the molecule is C[C@@H]1CC1C(=O)N1CCCC(c2cccc(C(=O)O)c2)C1.